The molecular weight excluding hydrogens is 448 g/mol. The second-order valence-electron chi connectivity index (χ2n) is 8.72. The van der Waals surface area contributed by atoms with E-state index in [0.717, 1.165) is 43.6 Å². The molecule has 9 heteroatoms. The number of carbonyl (C=O) groups is 1. The molecule has 6 nitrogen and oxygen atoms in total. The van der Waals surface area contributed by atoms with Gasteiger partial charge in [0.1, 0.15) is 22.6 Å². The number of hydrogen-bond donors (Lipinski definition) is 0. The number of benzene rings is 1. The van der Waals surface area contributed by atoms with Crippen LogP contribution in [-0.4, -0.2) is 39.6 Å². The number of fused-ring (bicyclic) bond motifs is 2. The van der Waals surface area contributed by atoms with Gasteiger partial charge >= 0.3 is 0 Å². The maximum atomic E-state index is 13.9. The summed E-state index contributed by atoms with van der Waals surface area (Å²) in [5.74, 6) is -0.651. The van der Waals surface area contributed by atoms with E-state index in [1.807, 2.05) is 6.92 Å². The molecule has 2 aromatic heterocycles. The Labute approximate surface area is 193 Å². The third-order valence-electron chi connectivity index (χ3n) is 6.52. The van der Waals surface area contributed by atoms with Crippen molar-refractivity contribution in [3.63, 3.8) is 0 Å². The summed E-state index contributed by atoms with van der Waals surface area (Å²) in [7, 11) is 0. The molecular formula is C24H25F2N3O3S. The molecule has 2 aliphatic heterocycles. The van der Waals surface area contributed by atoms with Gasteiger partial charge in [-0.2, -0.15) is 0 Å². The lowest BCUT2D eigenvalue weighted by Gasteiger charge is -2.32. The van der Waals surface area contributed by atoms with Gasteiger partial charge in [0, 0.05) is 45.0 Å². The topological polar surface area (TPSA) is 64.4 Å². The van der Waals surface area contributed by atoms with E-state index < -0.39 is 11.6 Å². The lowest BCUT2D eigenvalue weighted by molar-refractivity contribution is 0.0592. The van der Waals surface area contributed by atoms with Crippen molar-refractivity contribution in [1.82, 2.24) is 14.5 Å². The Morgan fingerprint density at radius 3 is 2.70 bits per heavy atom. The van der Waals surface area contributed by atoms with E-state index in [0.29, 0.717) is 53.1 Å². The second-order valence-corrected chi connectivity index (χ2v) is 9.72. The van der Waals surface area contributed by atoms with Crippen LogP contribution in [0.1, 0.15) is 53.2 Å². The van der Waals surface area contributed by atoms with Gasteiger partial charge in [0.05, 0.1) is 10.3 Å². The maximum absolute atomic E-state index is 13.9. The molecule has 1 aromatic carbocycles. The van der Waals surface area contributed by atoms with Gasteiger partial charge in [0.2, 0.25) is 0 Å². The summed E-state index contributed by atoms with van der Waals surface area (Å²) in [5, 5.41) is 0.555. The summed E-state index contributed by atoms with van der Waals surface area (Å²) < 4.78 is 34.5. The highest BCUT2D eigenvalue weighted by atomic mass is 32.1. The Morgan fingerprint density at radius 2 is 1.94 bits per heavy atom. The highest BCUT2D eigenvalue weighted by Gasteiger charge is 2.29. The van der Waals surface area contributed by atoms with E-state index in [2.05, 4.69) is 0 Å². The SMILES string of the molecule is Cc1c(C(=O)N2CCC(Oc3ccc(F)cc3F)CC2)sc2nc3n(c(=O)c12)CCCCC3. The number of amides is 1. The first-order valence-electron chi connectivity index (χ1n) is 11.4. The number of piperidine rings is 1. The van der Waals surface area contributed by atoms with Crippen molar-refractivity contribution in [2.75, 3.05) is 13.1 Å². The number of rotatable bonds is 3. The number of thiophene rings is 1. The lowest BCUT2D eigenvalue weighted by atomic mass is 10.1. The monoisotopic (exact) mass is 473 g/mol. The highest BCUT2D eigenvalue weighted by molar-refractivity contribution is 7.20. The van der Waals surface area contributed by atoms with Gasteiger partial charge in [-0.25, -0.2) is 13.8 Å². The predicted molar refractivity (Wildman–Crippen MR) is 122 cm³/mol. The summed E-state index contributed by atoms with van der Waals surface area (Å²) >= 11 is 1.29. The molecule has 0 saturated carbocycles. The van der Waals surface area contributed by atoms with Crippen LogP contribution in [0.25, 0.3) is 10.2 Å². The zero-order chi connectivity index (χ0) is 23.1. The zero-order valence-corrected chi connectivity index (χ0v) is 19.2. The van der Waals surface area contributed by atoms with Crippen molar-refractivity contribution in [2.45, 2.75) is 58.1 Å². The van der Waals surface area contributed by atoms with Crippen molar-refractivity contribution in [3.05, 3.63) is 56.5 Å². The largest absolute Gasteiger partial charge is 0.487 e. The van der Waals surface area contributed by atoms with Crippen LogP contribution < -0.4 is 10.3 Å². The molecule has 0 bridgehead atoms. The second kappa shape index (κ2) is 8.85. The normalized spacial score (nSPS) is 17.1. The third kappa shape index (κ3) is 4.14. The summed E-state index contributed by atoms with van der Waals surface area (Å²) in [5.41, 5.74) is 0.655. The minimum atomic E-state index is -0.730. The number of carbonyl (C=O) groups excluding carboxylic acids is 1. The van der Waals surface area contributed by atoms with Gasteiger partial charge in [-0.05, 0) is 37.5 Å². The molecule has 4 heterocycles. The van der Waals surface area contributed by atoms with Crippen LogP contribution in [-0.2, 0) is 13.0 Å². The molecule has 3 aromatic rings. The quantitative estimate of drug-likeness (QED) is 0.564. The van der Waals surface area contributed by atoms with Crippen LogP contribution in [0.3, 0.4) is 0 Å². The van der Waals surface area contributed by atoms with Crippen LogP contribution in [0.2, 0.25) is 0 Å². The fraction of sp³-hybridized carbons (Fsp3) is 0.458. The molecule has 1 fully saturated rings. The molecule has 0 spiro atoms. The highest BCUT2D eigenvalue weighted by Crippen LogP contribution is 2.31. The first-order valence-corrected chi connectivity index (χ1v) is 12.2. The van der Waals surface area contributed by atoms with Gasteiger partial charge < -0.3 is 9.64 Å². The van der Waals surface area contributed by atoms with Crippen LogP contribution in [0.5, 0.6) is 5.75 Å². The van der Waals surface area contributed by atoms with Crippen molar-refractivity contribution >= 4 is 27.5 Å². The Bertz CT molecular complexity index is 1280. The average Bonchev–Trinajstić information content (AvgIpc) is 2.96. The fourth-order valence-electron chi connectivity index (χ4n) is 4.68. The van der Waals surface area contributed by atoms with Crippen molar-refractivity contribution in [3.8, 4) is 5.75 Å². The summed E-state index contributed by atoms with van der Waals surface area (Å²) in [6, 6.07) is 3.25. The van der Waals surface area contributed by atoms with Crippen LogP contribution in [0, 0.1) is 18.6 Å². The molecule has 0 N–H and O–H groups in total. The van der Waals surface area contributed by atoms with Gasteiger partial charge in [-0.3, -0.25) is 14.2 Å². The molecule has 1 amide bonds. The molecule has 1 saturated heterocycles. The Kier molecular flexibility index (Phi) is 5.90. The number of halogens is 2. The third-order valence-corrected chi connectivity index (χ3v) is 7.70. The maximum Gasteiger partial charge on any atom is 0.264 e. The van der Waals surface area contributed by atoms with Crippen LogP contribution >= 0.6 is 11.3 Å². The van der Waals surface area contributed by atoms with Gasteiger partial charge in [0.25, 0.3) is 11.5 Å². The number of nitrogens with zero attached hydrogens (tertiary/aromatic N) is 3. The Balaban J connectivity index is 1.33. The van der Waals surface area contributed by atoms with E-state index >= 15 is 0 Å². The van der Waals surface area contributed by atoms with Gasteiger partial charge in [-0.15, -0.1) is 11.3 Å². The van der Waals surface area contributed by atoms with Gasteiger partial charge in [-0.1, -0.05) is 6.42 Å². The molecule has 0 atom stereocenters. The summed E-state index contributed by atoms with van der Waals surface area (Å²) in [4.78, 5) is 34.1. The lowest BCUT2D eigenvalue weighted by Crippen LogP contribution is -2.41. The van der Waals surface area contributed by atoms with E-state index in [4.69, 9.17) is 9.72 Å². The van der Waals surface area contributed by atoms with Crippen molar-refractivity contribution < 1.29 is 18.3 Å². The van der Waals surface area contributed by atoms with Crippen LogP contribution in [0.4, 0.5) is 8.78 Å². The smallest absolute Gasteiger partial charge is 0.264 e. The molecule has 33 heavy (non-hydrogen) atoms. The molecule has 5 rings (SSSR count). The summed E-state index contributed by atoms with van der Waals surface area (Å²) in [6.07, 6.45) is 4.70. The Morgan fingerprint density at radius 1 is 1.15 bits per heavy atom. The molecule has 0 aliphatic carbocycles. The van der Waals surface area contributed by atoms with E-state index in [1.54, 1.807) is 9.47 Å². The average molecular weight is 474 g/mol. The minimum absolute atomic E-state index is 0.0212. The number of hydrogen-bond acceptors (Lipinski definition) is 5. The van der Waals surface area contributed by atoms with E-state index in [-0.39, 0.29) is 23.3 Å². The van der Waals surface area contributed by atoms with E-state index in [1.165, 1.54) is 17.4 Å². The van der Waals surface area contributed by atoms with Crippen molar-refractivity contribution in [1.29, 1.82) is 0 Å². The minimum Gasteiger partial charge on any atom is -0.487 e. The Hall–Kier alpha value is -2.81. The van der Waals surface area contributed by atoms with E-state index in [9.17, 15) is 18.4 Å². The molecule has 174 valence electrons. The zero-order valence-electron chi connectivity index (χ0n) is 18.4. The number of likely N-dealkylation sites (tertiary alicyclic amines) is 1. The predicted octanol–water partition coefficient (Wildman–Crippen LogP) is 4.45. The van der Waals surface area contributed by atoms with Crippen LogP contribution in [0.15, 0.2) is 23.0 Å². The first-order chi connectivity index (χ1) is 15.9. The molecule has 0 unspecified atom stereocenters. The number of ether oxygens (including phenoxy) is 1. The summed E-state index contributed by atoms with van der Waals surface area (Å²) in [6.45, 7) is 3.43. The first kappa shape index (κ1) is 22.0. The number of aryl methyl sites for hydroxylation is 2. The van der Waals surface area contributed by atoms with Gasteiger partial charge in [0.15, 0.2) is 11.6 Å². The fourth-order valence-corrected chi connectivity index (χ4v) is 5.84. The molecule has 2 aliphatic rings. The van der Waals surface area contributed by atoms with Crippen molar-refractivity contribution in [2.24, 2.45) is 0 Å². The molecule has 0 radical (unpaired) electrons. The standard InChI is InChI=1S/C24H25F2N3O3S/c1-14-20-22(27-19-5-3-2-4-10-29(19)23(20)30)33-21(14)24(31)28-11-8-16(9-12-28)32-18-7-6-15(25)13-17(18)26/h6-7,13,16H,2-5,8-12H2,1H3. The number of aromatic nitrogens is 2.